The van der Waals surface area contributed by atoms with Crippen LogP contribution >= 0.6 is 22.7 Å². The minimum Gasteiger partial charge on any atom is -0.307 e. The Morgan fingerprint density at radius 1 is 0.270 bits per heavy atom. The lowest BCUT2D eigenvalue weighted by molar-refractivity contribution is 1.32. The fraction of sp³-hybridized carbons (Fsp3) is 0. The van der Waals surface area contributed by atoms with Crippen molar-refractivity contribution in [2.24, 2.45) is 0 Å². The maximum absolute atomic E-state index is 2.61. The summed E-state index contributed by atoms with van der Waals surface area (Å²) >= 11 is 3.79. The summed E-state index contributed by atoms with van der Waals surface area (Å²) in [5.41, 5.74) is 15.5. The van der Waals surface area contributed by atoms with E-state index in [1.54, 1.807) is 0 Å². The Hall–Kier alpha value is -7.56. The summed E-state index contributed by atoms with van der Waals surface area (Å²) in [6, 6.07) is 86.7. The average molecular weight is 838 g/mol. The number of fused-ring (bicyclic) bond motifs is 6. The highest BCUT2D eigenvalue weighted by Gasteiger charge is 2.28. The lowest BCUT2D eigenvalue weighted by atomic mass is 9.93. The number of benzene rings is 10. The summed E-state index contributed by atoms with van der Waals surface area (Å²) in [6.07, 6.45) is 0. The van der Waals surface area contributed by atoms with Gasteiger partial charge in [0.1, 0.15) is 0 Å². The van der Waals surface area contributed by atoms with Gasteiger partial charge >= 0.3 is 0 Å². The zero-order valence-corrected chi connectivity index (χ0v) is 35.9. The minimum atomic E-state index is 1.15. The Kier molecular flexibility index (Phi) is 9.29. The molecule has 0 atom stereocenters. The van der Waals surface area contributed by atoms with E-state index in [0.717, 1.165) is 17.1 Å². The van der Waals surface area contributed by atoms with Gasteiger partial charge in [-0.1, -0.05) is 212 Å². The summed E-state index contributed by atoms with van der Waals surface area (Å²) in [4.78, 5) is 2.61. The van der Waals surface area contributed by atoms with Crippen molar-refractivity contribution in [1.82, 2.24) is 0 Å². The van der Waals surface area contributed by atoms with E-state index in [1.165, 1.54) is 96.0 Å². The summed E-state index contributed by atoms with van der Waals surface area (Å²) in [6.45, 7) is 0. The Morgan fingerprint density at radius 2 is 0.730 bits per heavy atom. The SMILES string of the molecule is c1ccc(-c2ccc3c(c2)sc2c(N(c4c(-c5ccccc5)cccc4-c4ccccc4)c4ccc(-c5ccccc5)c5sc6cc(-c7ccccc7)ccc6c45)cccc23)cc1. The number of hydrogen-bond acceptors (Lipinski definition) is 3. The number of hydrogen-bond donors (Lipinski definition) is 0. The van der Waals surface area contributed by atoms with Crippen LogP contribution in [0, 0.1) is 0 Å². The molecule has 0 aliphatic carbocycles. The largest absolute Gasteiger partial charge is 0.307 e. The molecule has 12 rings (SSSR count). The zero-order valence-electron chi connectivity index (χ0n) is 34.3. The van der Waals surface area contributed by atoms with E-state index in [-0.39, 0.29) is 0 Å². The molecule has 0 unspecified atom stereocenters. The molecule has 0 aliphatic rings. The second-order valence-corrected chi connectivity index (χ2v) is 18.1. The fourth-order valence-electron chi connectivity index (χ4n) is 9.33. The molecule has 0 aliphatic heterocycles. The molecule has 12 aromatic rings. The maximum atomic E-state index is 2.61. The van der Waals surface area contributed by atoms with Crippen molar-refractivity contribution in [2.45, 2.75) is 0 Å². The Morgan fingerprint density at radius 3 is 1.29 bits per heavy atom. The molecule has 0 radical (unpaired) electrons. The first-order valence-corrected chi connectivity index (χ1v) is 23.0. The smallest absolute Gasteiger partial charge is 0.0641 e. The highest BCUT2D eigenvalue weighted by molar-refractivity contribution is 7.27. The van der Waals surface area contributed by atoms with Crippen LogP contribution in [0.4, 0.5) is 17.1 Å². The Bertz CT molecular complexity index is 3540. The molecule has 10 aromatic carbocycles. The van der Waals surface area contributed by atoms with Crippen LogP contribution in [-0.2, 0) is 0 Å². The first-order valence-electron chi connectivity index (χ1n) is 21.4. The van der Waals surface area contributed by atoms with Gasteiger partial charge in [-0.2, -0.15) is 0 Å². The van der Waals surface area contributed by atoms with Crippen LogP contribution in [0.3, 0.4) is 0 Å². The van der Waals surface area contributed by atoms with E-state index >= 15 is 0 Å². The fourth-order valence-corrected chi connectivity index (χ4v) is 11.9. The lowest BCUT2D eigenvalue weighted by Crippen LogP contribution is -2.13. The van der Waals surface area contributed by atoms with Gasteiger partial charge in [-0.3, -0.25) is 0 Å². The quantitative estimate of drug-likeness (QED) is 0.147. The molecule has 0 saturated heterocycles. The van der Waals surface area contributed by atoms with Crippen molar-refractivity contribution in [3.63, 3.8) is 0 Å². The third kappa shape index (κ3) is 6.53. The van der Waals surface area contributed by atoms with E-state index in [1.807, 2.05) is 22.7 Å². The lowest BCUT2D eigenvalue weighted by Gasteiger charge is -2.32. The number of rotatable bonds is 8. The molecule has 296 valence electrons. The molecular formula is C60H39NS2. The molecule has 2 aromatic heterocycles. The van der Waals surface area contributed by atoms with Crippen molar-refractivity contribution < 1.29 is 0 Å². The molecule has 0 spiro atoms. The predicted molar refractivity (Wildman–Crippen MR) is 274 cm³/mol. The molecular weight excluding hydrogens is 799 g/mol. The maximum Gasteiger partial charge on any atom is 0.0641 e. The number of thiophene rings is 2. The van der Waals surface area contributed by atoms with Crippen LogP contribution < -0.4 is 4.90 Å². The van der Waals surface area contributed by atoms with Gasteiger partial charge in [-0.05, 0) is 68.8 Å². The number of anilines is 3. The minimum absolute atomic E-state index is 1.15. The van der Waals surface area contributed by atoms with Gasteiger partial charge in [0.25, 0.3) is 0 Å². The second-order valence-electron chi connectivity index (χ2n) is 16.0. The molecule has 2 heterocycles. The summed E-state index contributed by atoms with van der Waals surface area (Å²) in [5, 5.41) is 5.04. The molecule has 0 bridgehead atoms. The first-order chi connectivity index (χ1) is 31.3. The van der Waals surface area contributed by atoms with E-state index in [2.05, 4.69) is 241 Å². The highest BCUT2D eigenvalue weighted by Crippen LogP contribution is 2.55. The van der Waals surface area contributed by atoms with Crippen LogP contribution in [-0.4, -0.2) is 0 Å². The summed E-state index contributed by atoms with van der Waals surface area (Å²) < 4.78 is 5.07. The van der Waals surface area contributed by atoms with Crippen molar-refractivity contribution in [3.8, 4) is 55.6 Å². The Balaban J connectivity index is 1.21. The topological polar surface area (TPSA) is 3.24 Å². The van der Waals surface area contributed by atoms with Gasteiger partial charge in [-0.25, -0.2) is 0 Å². The van der Waals surface area contributed by atoms with E-state index < -0.39 is 0 Å². The van der Waals surface area contributed by atoms with Crippen molar-refractivity contribution in [1.29, 1.82) is 0 Å². The van der Waals surface area contributed by atoms with E-state index in [0.29, 0.717) is 0 Å². The molecule has 63 heavy (non-hydrogen) atoms. The number of nitrogens with zero attached hydrogens (tertiary/aromatic N) is 1. The molecule has 0 saturated carbocycles. The second kappa shape index (κ2) is 15.7. The van der Waals surface area contributed by atoms with Crippen molar-refractivity contribution in [2.75, 3.05) is 4.90 Å². The highest BCUT2D eigenvalue weighted by atomic mass is 32.1. The van der Waals surface area contributed by atoms with Crippen molar-refractivity contribution in [3.05, 3.63) is 237 Å². The molecule has 0 amide bonds. The van der Waals surface area contributed by atoms with Crippen LogP contribution in [0.1, 0.15) is 0 Å². The average Bonchev–Trinajstić information content (AvgIpc) is 3.94. The van der Waals surface area contributed by atoms with Gasteiger partial charge < -0.3 is 4.90 Å². The van der Waals surface area contributed by atoms with Crippen LogP contribution in [0.5, 0.6) is 0 Å². The van der Waals surface area contributed by atoms with Gasteiger partial charge in [0, 0.05) is 46.8 Å². The molecule has 0 fully saturated rings. The van der Waals surface area contributed by atoms with Crippen LogP contribution in [0.15, 0.2) is 237 Å². The van der Waals surface area contributed by atoms with E-state index in [4.69, 9.17) is 0 Å². The van der Waals surface area contributed by atoms with Crippen LogP contribution in [0.2, 0.25) is 0 Å². The van der Waals surface area contributed by atoms with Crippen molar-refractivity contribution >= 4 is 80.1 Å². The predicted octanol–water partition coefficient (Wildman–Crippen LogP) is 18.2. The zero-order chi connectivity index (χ0) is 41.7. The molecule has 3 heteroatoms. The van der Waals surface area contributed by atoms with Gasteiger partial charge in [0.05, 0.1) is 21.8 Å². The van der Waals surface area contributed by atoms with Crippen LogP contribution in [0.25, 0.3) is 96.0 Å². The summed E-state index contributed by atoms with van der Waals surface area (Å²) in [5.74, 6) is 0. The molecule has 0 N–H and O–H groups in total. The van der Waals surface area contributed by atoms with Gasteiger partial charge in [0.15, 0.2) is 0 Å². The molecule has 1 nitrogen and oxygen atoms in total. The van der Waals surface area contributed by atoms with Gasteiger partial charge in [0.2, 0.25) is 0 Å². The third-order valence-corrected chi connectivity index (χ3v) is 14.7. The Labute approximate surface area is 375 Å². The van der Waals surface area contributed by atoms with E-state index in [9.17, 15) is 0 Å². The monoisotopic (exact) mass is 837 g/mol. The third-order valence-electron chi connectivity index (χ3n) is 12.3. The number of para-hydroxylation sites is 1. The first kappa shape index (κ1) is 37.2. The van der Waals surface area contributed by atoms with Gasteiger partial charge in [-0.15, -0.1) is 22.7 Å². The standard InChI is InChI=1S/C60H39NS2/c1-6-18-40(19-7-1)45-32-34-50-51-30-17-31-54(59(51)62-55(50)38-45)61(58-47(42-22-10-3-11-23-42)28-16-29-48(58)43-24-12-4-13-25-43)53-37-36-49(44-26-14-5-15-27-44)60-57(53)52-35-33-46(39-56(52)63-60)41-20-8-2-9-21-41/h1-39H. The normalized spacial score (nSPS) is 11.5. The summed E-state index contributed by atoms with van der Waals surface area (Å²) in [7, 11) is 0.